The lowest BCUT2D eigenvalue weighted by molar-refractivity contribution is 0.144. The summed E-state index contributed by atoms with van der Waals surface area (Å²) in [5, 5.41) is 2.77. The molecule has 2 aliphatic rings. The summed E-state index contributed by atoms with van der Waals surface area (Å²) in [5.41, 5.74) is 5.82. The molecule has 30 heavy (non-hydrogen) atoms. The number of carbonyl (C=O) groups excluding carboxylic acids is 1. The molecule has 5 nitrogen and oxygen atoms in total. The second kappa shape index (κ2) is 7.95. The number of amides is 1. The molecule has 0 unspecified atom stereocenters. The maximum absolute atomic E-state index is 12.2. The van der Waals surface area contributed by atoms with Crippen molar-refractivity contribution in [2.24, 2.45) is 0 Å². The molecule has 0 bridgehead atoms. The van der Waals surface area contributed by atoms with E-state index < -0.39 is 6.09 Å². The van der Waals surface area contributed by atoms with Gasteiger partial charge in [-0.05, 0) is 39.9 Å². The lowest BCUT2D eigenvalue weighted by Gasteiger charge is -2.14. The Morgan fingerprint density at radius 1 is 0.967 bits per heavy atom. The molecular formula is C25H21NO4. The molecule has 3 aromatic carbocycles. The Bertz CT molecular complexity index is 1080. The third-order valence-corrected chi connectivity index (χ3v) is 5.41. The molecule has 1 N–H and O–H groups in total. The third kappa shape index (κ3) is 3.50. The van der Waals surface area contributed by atoms with Gasteiger partial charge in [0.05, 0.1) is 0 Å². The summed E-state index contributed by atoms with van der Waals surface area (Å²) in [4.78, 5) is 12.2. The van der Waals surface area contributed by atoms with Gasteiger partial charge in [-0.1, -0.05) is 66.7 Å². The van der Waals surface area contributed by atoms with E-state index in [0.717, 1.165) is 17.1 Å². The van der Waals surface area contributed by atoms with E-state index in [1.165, 1.54) is 22.3 Å². The molecule has 1 aliphatic heterocycles. The normalized spacial score (nSPS) is 13.9. The number of hydrogen-bond acceptors (Lipinski definition) is 4. The lowest BCUT2D eigenvalue weighted by atomic mass is 9.98. The van der Waals surface area contributed by atoms with E-state index in [4.69, 9.17) is 14.2 Å². The number of ether oxygens (including phenoxy) is 3. The number of hydrogen-bond donors (Lipinski definition) is 1. The Labute approximate surface area is 174 Å². The van der Waals surface area contributed by atoms with E-state index in [1.807, 2.05) is 54.6 Å². The van der Waals surface area contributed by atoms with Crippen LogP contribution in [0.4, 0.5) is 4.79 Å². The summed E-state index contributed by atoms with van der Waals surface area (Å²) in [6.45, 7) is 0.947. The van der Waals surface area contributed by atoms with Gasteiger partial charge in [0.15, 0.2) is 11.5 Å². The number of carbonyl (C=O) groups is 1. The highest BCUT2D eigenvalue weighted by atomic mass is 16.7. The molecule has 5 heteroatoms. The van der Waals surface area contributed by atoms with Crippen molar-refractivity contribution in [3.63, 3.8) is 0 Å². The fourth-order valence-electron chi connectivity index (χ4n) is 4.00. The number of alkyl carbamates (subject to hydrolysis) is 1. The largest absolute Gasteiger partial charge is 0.454 e. The summed E-state index contributed by atoms with van der Waals surface area (Å²) in [6.07, 6.45) is 3.37. The first-order valence-corrected chi connectivity index (χ1v) is 9.94. The molecule has 150 valence electrons. The van der Waals surface area contributed by atoms with Gasteiger partial charge in [0.1, 0.15) is 6.61 Å². The Kier molecular flexibility index (Phi) is 4.85. The van der Waals surface area contributed by atoms with Crippen LogP contribution in [0.3, 0.4) is 0 Å². The van der Waals surface area contributed by atoms with Crippen molar-refractivity contribution in [1.82, 2.24) is 5.32 Å². The van der Waals surface area contributed by atoms with Crippen LogP contribution in [0.1, 0.15) is 22.6 Å². The number of fused-ring (bicyclic) bond motifs is 4. The molecule has 5 rings (SSSR count). The van der Waals surface area contributed by atoms with Crippen molar-refractivity contribution < 1.29 is 19.0 Å². The summed E-state index contributed by atoms with van der Waals surface area (Å²) in [5.74, 6) is 1.55. The number of benzene rings is 3. The molecule has 0 radical (unpaired) electrons. The van der Waals surface area contributed by atoms with Crippen LogP contribution in [0.5, 0.6) is 11.5 Å². The Hall–Kier alpha value is -3.73. The third-order valence-electron chi connectivity index (χ3n) is 5.41. The predicted octanol–water partition coefficient (Wildman–Crippen LogP) is 4.97. The molecular weight excluding hydrogens is 378 g/mol. The van der Waals surface area contributed by atoms with E-state index in [-0.39, 0.29) is 12.7 Å². The van der Waals surface area contributed by atoms with Gasteiger partial charge >= 0.3 is 6.09 Å². The Morgan fingerprint density at radius 2 is 1.67 bits per heavy atom. The topological polar surface area (TPSA) is 56.8 Å². The minimum atomic E-state index is -0.424. The van der Waals surface area contributed by atoms with Crippen molar-refractivity contribution in [2.75, 3.05) is 19.9 Å². The molecule has 0 saturated heterocycles. The van der Waals surface area contributed by atoms with Gasteiger partial charge in [-0.3, -0.25) is 0 Å². The van der Waals surface area contributed by atoms with E-state index in [1.54, 1.807) is 0 Å². The molecule has 0 spiro atoms. The van der Waals surface area contributed by atoms with Crippen molar-refractivity contribution in [3.8, 4) is 22.6 Å². The standard InChI is InChI=1S/C25H21NO4/c27-25(26-13-5-6-17-11-12-23-24(14-17)30-16-29-23)28-15-22-20-9-3-1-7-18(20)19-8-2-4-10-21(19)22/h1-12,14,22H,13,15-16H2,(H,26,27). The summed E-state index contributed by atoms with van der Waals surface area (Å²) < 4.78 is 16.2. The van der Waals surface area contributed by atoms with Crippen molar-refractivity contribution in [1.29, 1.82) is 0 Å². The summed E-state index contributed by atoms with van der Waals surface area (Å²) in [7, 11) is 0. The smallest absolute Gasteiger partial charge is 0.407 e. The maximum atomic E-state index is 12.2. The molecule has 0 saturated carbocycles. The zero-order valence-corrected chi connectivity index (χ0v) is 16.3. The SMILES string of the molecule is O=C(NCC=Cc1ccc2c(c1)OCO2)OCC1c2ccccc2-c2ccccc21. The minimum absolute atomic E-state index is 0.0623. The van der Waals surface area contributed by atoms with Gasteiger partial charge in [-0.25, -0.2) is 4.79 Å². The quantitative estimate of drug-likeness (QED) is 0.658. The van der Waals surface area contributed by atoms with E-state index in [9.17, 15) is 4.79 Å². The molecule has 0 aromatic heterocycles. The molecule has 0 atom stereocenters. The average Bonchev–Trinajstić information content (AvgIpc) is 3.37. The molecule has 3 aromatic rings. The second-order valence-corrected chi connectivity index (χ2v) is 7.22. The Morgan fingerprint density at radius 3 is 2.43 bits per heavy atom. The lowest BCUT2D eigenvalue weighted by Crippen LogP contribution is -2.26. The van der Waals surface area contributed by atoms with Crippen LogP contribution in [-0.2, 0) is 4.74 Å². The van der Waals surface area contributed by atoms with Crippen molar-refractivity contribution in [3.05, 3.63) is 89.5 Å². The fourth-order valence-corrected chi connectivity index (χ4v) is 4.00. The van der Waals surface area contributed by atoms with E-state index in [2.05, 4.69) is 29.6 Å². The first-order valence-electron chi connectivity index (χ1n) is 9.94. The van der Waals surface area contributed by atoms with Crippen LogP contribution >= 0.6 is 0 Å². The summed E-state index contributed by atoms with van der Waals surface area (Å²) in [6, 6.07) is 22.3. The monoisotopic (exact) mass is 399 g/mol. The van der Waals surface area contributed by atoms with Gasteiger partial charge in [-0.15, -0.1) is 0 Å². The fraction of sp³-hybridized carbons (Fsp3) is 0.160. The van der Waals surface area contributed by atoms with Crippen LogP contribution in [0.2, 0.25) is 0 Å². The zero-order valence-electron chi connectivity index (χ0n) is 16.3. The van der Waals surface area contributed by atoms with Crippen LogP contribution in [0.25, 0.3) is 17.2 Å². The van der Waals surface area contributed by atoms with Crippen molar-refractivity contribution in [2.45, 2.75) is 5.92 Å². The first kappa shape index (κ1) is 18.3. The first-order chi connectivity index (χ1) is 14.8. The van der Waals surface area contributed by atoms with Crippen molar-refractivity contribution >= 4 is 12.2 Å². The second-order valence-electron chi connectivity index (χ2n) is 7.22. The summed E-state index contributed by atoms with van der Waals surface area (Å²) >= 11 is 0. The van der Waals surface area contributed by atoms with Gasteiger partial charge in [0, 0.05) is 12.5 Å². The van der Waals surface area contributed by atoms with Gasteiger partial charge in [0.2, 0.25) is 6.79 Å². The van der Waals surface area contributed by atoms with Gasteiger partial charge in [-0.2, -0.15) is 0 Å². The van der Waals surface area contributed by atoms with Crippen LogP contribution in [-0.4, -0.2) is 26.0 Å². The predicted molar refractivity (Wildman–Crippen MR) is 115 cm³/mol. The van der Waals surface area contributed by atoms with E-state index >= 15 is 0 Å². The average molecular weight is 399 g/mol. The van der Waals surface area contributed by atoms with E-state index in [0.29, 0.717) is 13.2 Å². The molecule has 1 aliphatic carbocycles. The highest BCUT2D eigenvalue weighted by molar-refractivity contribution is 5.79. The number of rotatable bonds is 5. The highest BCUT2D eigenvalue weighted by Crippen LogP contribution is 2.44. The van der Waals surface area contributed by atoms with Crippen LogP contribution in [0.15, 0.2) is 72.8 Å². The number of nitrogens with one attached hydrogen (secondary N) is 1. The highest BCUT2D eigenvalue weighted by Gasteiger charge is 2.28. The van der Waals surface area contributed by atoms with Gasteiger partial charge in [0.25, 0.3) is 0 Å². The van der Waals surface area contributed by atoms with Crippen LogP contribution in [0, 0.1) is 0 Å². The zero-order chi connectivity index (χ0) is 20.3. The minimum Gasteiger partial charge on any atom is -0.454 e. The Balaban J connectivity index is 1.16. The molecule has 0 fully saturated rings. The van der Waals surface area contributed by atoms with Gasteiger partial charge < -0.3 is 19.5 Å². The van der Waals surface area contributed by atoms with Crippen LogP contribution < -0.4 is 14.8 Å². The molecule has 1 amide bonds. The maximum Gasteiger partial charge on any atom is 0.407 e. The molecule has 1 heterocycles.